The van der Waals surface area contributed by atoms with E-state index in [0.29, 0.717) is 0 Å². The Labute approximate surface area is 89.1 Å². The van der Waals surface area contributed by atoms with Crippen LogP contribution in [0.15, 0.2) is 0 Å². The summed E-state index contributed by atoms with van der Waals surface area (Å²) in [4.78, 5) is 2.49. The van der Waals surface area contributed by atoms with Crippen LogP contribution in [0.2, 0.25) is 0 Å². The van der Waals surface area contributed by atoms with Crippen molar-refractivity contribution in [3.63, 3.8) is 0 Å². The van der Waals surface area contributed by atoms with Gasteiger partial charge in [-0.25, -0.2) is 0 Å². The molecule has 0 aromatic heterocycles. The molecule has 0 bridgehead atoms. The second kappa shape index (κ2) is 6.41. The molecule has 0 spiro atoms. The van der Waals surface area contributed by atoms with Gasteiger partial charge in [-0.15, -0.1) is 0 Å². The third-order valence-corrected chi connectivity index (χ3v) is 3.64. The lowest BCUT2D eigenvalue weighted by Crippen LogP contribution is -2.37. The lowest BCUT2D eigenvalue weighted by molar-refractivity contribution is 0.293. The fourth-order valence-corrected chi connectivity index (χ4v) is 2.27. The summed E-state index contributed by atoms with van der Waals surface area (Å²) in [7, 11) is 2.25. The molecule has 1 N–H and O–H groups in total. The molecule has 1 heterocycles. The lowest BCUT2D eigenvalue weighted by atomic mass is 10.0. The second-order valence-corrected chi connectivity index (χ2v) is 4.62. The fraction of sp³-hybridized carbons (Fsp3) is 1.00. The molecule has 1 saturated heterocycles. The Morgan fingerprint density at radius 2 is 2.07 bits per heavy atom. The molecule has 0 aliphatic carbocycles. The zero-order valence-corrected chi connectivity index (χ0v) is 10.1. The summed E-state index contributed by atoms with van der Waals surface area (Å²) in [6.45, 7) is 8.26. The van der Waals surface area contributed by atoms with Crippen LogP contribution in [0.1, 0.15) is 39.5 Å². The third-order valence-electron chi connectivity index (χ3n) is 3.64. The molecule has 0 aromatic rings. The molecule has 14 heavy (non-hydrogen) atoms. The molecule has 1 fully saturated rings. The molecule has 0 radical (unpaired) electrons. The van der Waals surface area contributed by atoms with Crippen LogP contribution in [0.25, 0.3) is 0 Å². The van der Waals surface area contributed by atoms with Gasteiger partial charge in [-0.2, -0.15) is 0 Å². The Morgan fingerprint density at radius 3 is 2.57 bits per heavy atom. The van der Waals surface area contributed by atoms with Crippen molar-refractivity contribution in [3.8, 4) is 0 Å². The molecule has 84 valence electrons. The van der Waals surface area contributed by atoms with Crippen LogP contribution in [0.5, 0.6) is 0 Å². The first-order valence-corrected chi connectivity index (χ1v) is 6.18. The molecule has 0 amide bonds. The first-order chi connectivity index (χ1) is 6.77. The lowest BCUT2D eigenvalue weighted by Gasteiger charge is -2.21. The second-order valence-electron chi connectivity index (χ2n) is 4.62. The van der Waals surface area contributed by atoms with Crippen LogP contribution in [0, 0.1) is 5.92 Å². The van der Waals surface area contributed by atoms with Gasteiger partial charge >= 0.3 is 0 Å². The maximum atomic E-state index is 3.62. The number of hydrogen-bond donors (Lipinski definition) is 1. The Balaban J connectivity index is 2.08. The highest BCUT2D eigenvalue weighted by atomic mass is 15.2. The van der Waals surface area contributed by atoms with Crippen LogP contribution in [0.4, 0.5) is 0 Å². The van der Waals surface area contributed by atoms with Crippen LogP contribution in [0.3, 0.4) is 0 Å². The molecule has 1 rings (SSSR count). The summed E-state index contributed by atoms with van der Waals surface area (Å²) in [5.74, 6) is 0.877. The number of likely N-dealkylation sites (tertiary alicyclic amines) is 1. The number of nitrogens with one attached hydrogen (secondary N) is 1. The summed E-state index contributed by atoms with van der Waals surface area (Å²) < 4.78 is 0. The van der Waals surface area contributed by atoms with Gasteiger partial charge < -0.3 is 10.2 Å². The molecule has 0 aromatic carbocycles. The minimum atomic E-state index is 0.796. The van der Waals surface area contributed by atoms with Crippen LogP contribution < -0.4 is 5.32 Å². The standard InChI is InChI=1S/C12H26N2/c1-4-11(5-2)9-13-10-12-7-6-8-14(12)3/h11-13H,4-10H2,1-3H3. The molecule has 1 aliphatic heterocycles. The van der Waals surface area contributed by atoms with Gasteiger partial charge in [0.1, 0.15) is 0 Å². The highest BCUT2D eigenvalue weighted by molar-refractivity contribution is 4.78. The SMILES string of the molecule is CCC(CC)CNCC1CCCN1C. The quantitative estimate of drug-likeness (QED) is 0.703. The van der Waals surface area contributed by atoms with Crippen LogP contribution >= 0.6 is 0 Å². The zero-order chi connectivity index (χ0) is 10.4. The molecule has 2 heteroatoms. The normalized spacial score (nSPS) is 23.6. The molecule has 2 nitrogen and oxygen atoms in total. The van der Waals surface area contributed by atoms with E-state index in [-0.39, 0.29) is 0 Å². The monoisotopic (exact) mass is 198 g/mol. The van der Waals surface area contributed by atoms with Crippen molar-refractivity contribution in [2.75, 3.05) is 26.7 Å². The summed E-state index contributed by atoms with van der Waals surface area (Å²) in [5, 5.41) is 3.62. The third kappa shape index (κ3) is 3.58. The van der Waals surface area contributed by atoms with Crippen molar-refractivity contribution in [2.24, 2.45) is 5.92 Å². The molecule has 1 unspecified atom stereocenters. The van der Waals surface area contributed by atoms with Gasteiger partial charge in [0.25, 0.3) is 0 Å². The highest BCUT2D eigenvalue weighted by Gasteiger charge is 2.20. The van der Waals surface area contributed by atoms with E-state index in [2.05, 4.69) is 31.1 Å². The van der Waals surface area contributed by atoms with E-state index in [9.17, 15) is 0 Å². The van der Waals surface area contributed by atoms with E-state index in [4.69, 9.17) is 0 Å². The fourth-order valence-electron chi connectivity index (χ4n) is 2.27. The minimum Gasteiger partial charge on any atom is -0.315 e. The first-order valence-electron chi connectivity index (χ1n) is 6.18. The zero-order valence-electron chi connectivity index (χ0n) is 10.1. The van der Waals surface area contributed by atoms with E-state index >= 15 is 0 Å². The minimum absolute atomic E-state index is 0.796. The average molecular weight is 198 g/mol. The van der Waals surface area contributed by atoms with E-state index in [1.165, 1.54) is 45.3 Å². The summed E-state index contributed by atoms with van der Waals surface area (Å²) in [6, 6.07) is 0.796. The summed E-state index contributed by atoms with van der Waals surface area (Å²) >= 11 is 0. The van der Waals surface area contributed by atoms with E-state index in [0.717, 1.165) is 12.0 Å². The molecular formula is C12H26N2. The predicted octanol–water partition coefficient (Wildman–Crippen LogP) is 2.11. The first kappa shape index (κ1) is 12.0. The maximum absolute atomic E-state index is 3.62. The van der Waals surface area contributed by atoms with Crippen molar-refractivity contribution in [1.29, 1.82) is 0 Å². The van der Waals surface area contributed by atoms with Gasteiger partial charge in [0, 0.05) is 12.6 Å². The summed E-state index contributed by atoms with van der Waals surface area (Å²) in [6.07, 6.45) is 5.38. The van der Waals surface area contributed by atoms with Gasteiger partial charge in [0.05, 0.1) is 0 Å². The van der Waals surface area contributed by atoms with Crippen molar-refractivity contribution < 1.29 is 0 Å². The molecule has 1 aliphatic rings. The van der Waals surface area contributed by atoms with Crippen molar-refractivity contribution >= 4 is 0 Å². The van der Waals surface area contributed by atoms with Gasteiger partial charge in [0.15, 0.2) is 0 Å². The van der Waals surface area contributed by atoms with Gasteiger partial charge in [-0.1, -0.05) is 26.7 Å². The Bertz CT molecular complexity index is 143. The van der Waals surface area contributed by atoms with E-state index in [1.807, 2.05) is 0 Å². The maximum Gasteiger partial charge on any atom is 0.0218 e. The van der Waals surface area contributed by atoms with Gasteiger partial charge in [0.2, 0.25) is 0 Å². The van der Waals surface area contributed by atoms with Crippen molar-refractivity contribution in [2.45, 2.75) is 45.6 Å². The van der Waals surface area contributed by atoms with E-state index < -0.39 is 0 Å². The molecular weight excluding hydrogens is 172 g/mol. The van der Waals surface area contributed by atoms with Gasteiger partial charge in [-0.05, 0) is 38.9 Å². The highest BCUT2D eigenvalue weighted by Crippen LogP contribution is 2.13. The van der Waals surface area contributed by atoms with Crippen LogP contribution in [-0.2, 0) is 0 Å². The smallest absolute Gasteiger partial charge is 0.0218 e. The van der Waals surface area contributed by atoms with Crippen molar-refractivity contribution in [3.05, 3.63) is 0 Å². The Morgan fingerprint density at radius 1 is 1.36 bits per heavy atom. The average Bonchev–Trinajstić information content (AvgIpc) is 2.59. The van der Waals surface area contributed by atoms with Gasteiger partial charge in [-0.3, -0.25) is 0 Å². The van der Waals surface area contributed by atoms with E-state index in [1.54, 1.807) is 0 Å². The largest absolute Gasteiger partial charge is 0.315 e. The van der Waals surface area contributed by atoms with Crippen molar-refractivity contribution in [1.82, 2.24) is 10.2 Å². The number of rotatable bonds is 6. The number of nitrogens with zero attached hydrogens (tertiary/aromatic N) is 1. The topological polar surface area (TPSA) is 15.3 Å². The van der Waals surface area contributed by atoms with Crippen LogP contribution in [-0.4, -0.2) is 37.6 Å². The molecule has 1 atom stereocenters. The number of likely N-dealkylation sites (N-methyl/N-ethyl adjacent to an activating group) is 1. The number of hydrogen-bond acceptors (Lipinski definition) is 2. The molecule has 0 saturated carbocycles. The summed E-state index contributed by atoms with van der Waals surface area (Å²) in [5.41, 5.74) is 0. The Kier molecular flexibility index (Phi) is 5.49. The Hall–Kier alpha value is -0.0800. The predicted molar refractivity (Wildman–Crippen MR) is 62.6 cm³/mol.